The van der Waals surface area contributed by atoms with Crippen LogP contribution >= 0.6 is 11.8 Å². The van der Waals surface area contributed by atoms with Crippen molar-refractivity contribution in [2.75, 3.05) is 18.8 Å². The van der Waals surface area contributed by atoms with Crippen molar-refractivity contribution in [2.45, 2.75) is 37.9 Å². The Bertz CT molecular complexity index is 344. The van der Waals surface area contributed by atoms with Crippen molar-refractivity contribution in [1.29, 1.82) is 0 Å². The van der Waals surface area contributed by atoms with Crippen molar-refractivity contribution >= 4 is 11.8 Å². The van der Waals surface area contributed by atoms with Crippen LogP contribution in [0.5, 0.6) is 0 Å². The Kier molecular flexibility index (Phi) is 4.16. The first-order valence-electron chi connectivity index (χ1n) is 6.47. The van der Waals surface area contributed by atoms with Crippen molar-refractivity contribution < 1.29 is 0 Å². The fourth-order valence-electron chi connectivity index (χ4n) is 2.15. The van der Waals surface area contributed by atoms with E-state index in [9.17, 15) is 0 Å². The summed E-state index contributed by atoms with van der Waals surface area (Å²) in [5.41, 5.74) is 3.16. The molecule has 2 rings (SSSR count). The van der Waals surface area contributed by atoms with Crippen LogP contribution in [0, 0.1) is 0 Å². The smallest absolute Gasteiger partial charge is 0.0213 e. The fraction of sp³-hybridized carbons (Fsp3) is 0.600. The van der Waals surface area contributed by atoms with Gasteiger partial charge in [-0.15, -0.1) is 0 Å². The topological polar surface area (TPSA) is 12.0 Å². The van der Waals surface area contributed by atoms with Crippen molar-refractivity contribution in [3.63, 3.8) is 0 Å². The fourth-order valence-corrected chi connectivity index (χ4v) is 3.30. The first-order valence-corrected chi connectivity index (χ1v) is 7.52. The molecule has 1 N–H and O–H groups in total. The Labute approximate surface area is 109 Å². The molecular formula is C15H23NS. The molecule has 0 bridgehead atoms. The van der Waals surface area contributed by atoms with E-state index in [1.165, 1.54) is 29.8 Å². The average Bonchev–Trinajstić information content (AvgIpc) is 2.30. The van der Waals surface area contributed by atoms with Gasteiger partial charge in [0.2, 0.25) is 0 Å². The van der Waals surface area contributed by atoms with Crippen molar-refractivity contribution in [1.82, 2.24) is 5.32 Å². The molecule has 0 aromatic heterocycles. The van der Waals surface area contributed by atoms with Crippen molar-refractivity contribution in [3.05, 3.63) is 35.4 Å². The standard InChI is InChI=1S/C15H23NS/c1-15(2,3)13-6-4-12(5-7-13)10-14-11-16-8-9-17-14/h4-7,14,16H,8-11H2,1-3H3. The quantitative estimate of drug-likeness (QED) is 0.863. The van der Waals surface area contributed by atoms with Gasteiger partial charge in [0, 0.05) is 24.1 Å². The van der Waals surface area contributed by atoms with E-state index in [-0.39, 0.29) is 5.41 Å². The largest absolute Gasteiger partial charge is 0.315 e. The molecule has 94 valence electrons. The minimum Gasteiger partial charge on any atom is -0.315 e. The number of hydrogen-bond donors (Lipinski definition) is 1. The predicted octanol–water partition coefficient (Wildman–Crippen LogP) is 3.23. The van der Waals surface area contributed by atoms with E-state index in [1.807, 2.05) is 0 Å². The monoisotopic (exact) mass is 249 g/mol. The third-order valence-corrected chi connectivity index (χ3v) is 4.53. The van der Waals surface area contributed by atoms with E-state index in [1.54, 1.807) is 0 Å². The van der Waals surface area contributed by atoms with E-state index in [4.69, 9.17) is 0 Å². The maximum absolute atomic E-state index is 3.47. The molecular weight excluding hydrogens is 226 g/mol. The lowest BCUT2D eigenvalue weighted by atomic mass is 9.86. The summed E-state index contributed by atoms with van der Waals surface area (Å²) in [7, 11) is 0. The van der Waals surface area contributed by atoms with Gasteiger partial charge in [-0.05, 0) is 23.0 Å². The summed E-state index contributed by atoms with van der Waals surface area (Å²) in [6, 6.07) is 9.18. The molecule has 0 spiro atoms. The Morgan fingerprint density at radius 1 is 1.24 bits per heavy atom. The third-order valence-electron chi connectivity index (χ3n) is 3.29. The molecule has 1 aromatic rings. The highest BCUT2D eigenvalue weighted by molar-refractivity contribution is 8.00. The van der Waals surface area contributed by atoms with Crippen LogP contribution in [-0.4, -0.2) is 24.1 Å². The number of thioether (sulfide) groups is 1. The van der Waals surface area contributed by atoms with Gasteiger partial charge in [0.25, 0.3) is 0 Å². The summed E-state index contributed by atoms with van der Waals surface area (Å²) in [6.07, 6.45) is 1.20. The molecule has 2 heteroatoms. The summed E-state index contributed by atoms with van der Waals surface area (Å²) in [6.45, 7) is 9.13. The second-order valence-corrected chi connectivity index (χ2v) is 7.26. The van der Waals surface area contributed by atoms with Gasteiger partial charge in [-0.3, -0.25) is 0 Å². The summed E-state index contributed by atoms with van der Waals surface area (Å²) >= 11 is 2.11. The summed E-state index contributed by atoms with van der Waals surface area (Å²) in [5, 5.41) is 4.22. The predicted molar refractivity (Wildman–Crippen MR) is 78.0 cm³/mol. The van der Waals surface area contributed by atoms with Crippen LogP contribution in [0.2, 0.25) is 0 Å². The Balaban J connectivity index is 1.98. The molecule has 1 aromatic carbocycles. The van der Waals surface area contributed by atoms with Crippen LogP contribution in [-0.2, 0) is 11.8 Å². The van der Waals surface area contributed by atoms with Gasteiger partial charge in [-0.2, -0.15) is 11.8 Å². The van der Waals surface area contributed by atoms with Crippen LogP contribution in [0.25, 0.3) is 0 Å². The Morgan fingerprint density at radius 2 is 1.94 bits per heavy atom. The lowest BCUT2D eigenvalue weighted by Gasteiger charge is -2.23. The maximum Gasteiger partial charge on any atom is 0.0213 e. The van der Waals surface area contributed by atoms with Crippen LogP contribution in [0.1, 0.15) is 31.9 Å². The molecule has 1 saturated heterocycles. The first-order chi connectivity index (χ1) is 8.05. The Hall–Kier alpha value is -0.470. The minimum absolute atomic E-state index is 0.264. The maximum atomic E-state index is 3.47. The van der Waals surface area contributed by atoms with E-state index in [0.29, 0.717) is 0 Å². The van der Waals surface area contributed by atoms with Crippen LogP contribution in [0.15, 0.2) is 24.3 Å². The lowest BCUT2D eigenvalue weighted by molar-refractivity contribution is 0.589. The van der Waals surface area contributed by atoms with E-state index in [2.05, 4.69) is 62.1 Å². The molecule has 0 amide bonds. The van der Waals surface area contributed by atoms with Crippen LogP contribution < -0.4 is 5.32 Å². The van der Waals surface area contributed by atoms with Crippen LogP contribution in [0.3, 0.4) is 0 Å². The molecule has 1 aliphatic heterocycles. The number of hydrogen-bond acceptors (Lipinski definition) is 2. The molecule has 17 heavy (non-hydrogen) atoms. The third kappa shape index (κ3) is 3.75. The zero-order valence-electron chi connectivity index (χ0n) is 11.1. The molecule has 1 aliphatic rings. The van der Waals surface area contributed by atoms with Gasteiger partial charge in [0.1, 0.15) is 0 Å². The van der Waals surface area contributed by atoms with E-state index >= 15 is 0 Å². The van der Waals surface area contributed by atoms with Crippen molar-refractivity contribution in [2.24, 2.45) is 0 Å². The normalized spacial score (nSPS) is 21.5. The SMILES string of the molecule is CC(C)(C)c1ccc(CC2CNCCS2)cc1. The van der Waals surface area contributed by atoms with Gasteiger partial charge < -0.3 is 5.32 Å². The summed E-state index contributed by atoms with van der Waals surface area (Å²) in [5.74, 6) is 1.25. The van der Waals surface area contributed by atoms with Gasteiger partial charge in [-0.25, -0.2) is 0 Å². The molecule has 0 radical (unpaired) electrons. The highest BCUT2D eigenvalue weighted by Gasteiger charge is 2.15. The van der Waals surface area contributed by atoms with Gasteiger partial charge >= 0.3 is 0 Å². The average molecular weight is 249 g/mol. The summed E-state index contributed by atoms with van der Waals surface area (Å²) < 4.78 is 0. The highest BCUT2D eigenvalue weighted by Crippen LogP contribution is 2.24. The van der Waals surface area contributed by atoms with Crippen molar-refractivity contribution in [3.8, 4) is 0 Å². The van der Waals surface area contributed by atoms with E-state index in [0.717, 1.165) is 11.8 Å². The van der Waals surface area contributed by atoms with Gasteiger partial charge in [0.05, 0.1) is 0 Å². The number of rotatable bonds is 2. The summed E-state index contributed by atoms with van der Waals surface area (Å²) in [4.78, 5) is 0. The van der Waals surface area contributed by atoms with Crippen LogP contribution in [0.4, 0.5) is 0 Å². The molecule has 1 atom stereocenters. The zero-order valence-corrected chi connectivity index (χ0v) is 11.9. The molecule has 1 heterocycles. The number of nitrogens with one attached hydrogen (secondary N) is 1. The molecule has 1 nitrogen and oxygen atoms in total. The lowest BCUT2D eigenvalue weighted by Crippen LogP contribution is -2.33. The minimum atomic E-state index is 0.264. The Morgan fingerprint density at radius 3 is 2.47 bits per heavy atom. The first kappa shape index (κ1) is 13.0. The molecule has 1 fully saturated rings. The zero-order chi connectivity index (χ0) is 12.3. The second kappa shape index (κ2) is 5.45. The second-order valence-electron chi connectivity index (χ2n) is 5.85. The molecule has 0 aliphatic carbocycles. The highest BCUT2D eigenvalue weighted by atomic mass is 32.2. The molecule has 0 saturated carbocycles. The van der Waals surface area contributed by atoms with Gasteiger partial charge in [-0.1, -0.05) is 45.0 Å². The molecule has 1 unspecified atom stereocenters. The number of benzene rings is 1. The van der Waals surface area contributed by atoms with Gasteiger partial charge in [0.15, 0.2) is 0 Å². The van der Waals surface area contributed by atoms with E-state index < -0.39 is 0 Å².